The summed E-state index contributed by atoms with van der Waals surface area (Å²) in [7, 11) is 3.08. The van der Waals surface area contributed by atoms with Gasteiger partial charge in [0.2, 0.25) is 5.91 Å². The van der Waals surface area contributed by atoms with Gasteiger partial charge in [-0.3, -0.25) is 4.79 Å². The van der Waals surface area contributed by atoms with Crippen LogP contribution in [0.2, 0.25) is 5.02 Å². The molecule has 0 atom stereocenters. The highest BCUT2D eigenvalue weighted by atomic mass is 35.5. The summed E-state index contributed by atoms with van der Waals surface area (Å²) in [4.78, 5) is 14.7. The van der Waals surface area contributed by atoms with E-state index in [9.17, 15) is 4.79 Å². The second-order valence-corrected chi connectivity index (χ2v) is 7.46. The number of likely N-dealkylation sites (tertiary alicyclic amines) is 1. The van der Waals surface area contributed by atoms with Crippen LogP contribution in [-0.4, -0.2) is 44.7 Å². The maximum absolute atomic E-state index is 12.2. The molecule has 0 radical (unpaired) electrons. The highest BCUT2D eigenvalue weighted by Gasteiger charge is 2.11. The molecule has 1 saturated heterocycles. The Balaban J connectivity index is 1.55. The van der Waals surface area contributed by atoms with Crippen molar-refractivity contribution < 1.29 is 14.3 Å². The molecule has 3 rings (SSSR count). The number of carbonyl (C=O) groups excluding carboxylic acids is 1. The van der Waals surface area contributed by atoms with Crippen LogP contribution in [0.1, 0.15) is 24.0 Å². The average Bonchev–Trinajstić information content (AvgIpc) is 3.25. The van der Waals surface area contributed by atoms with E-state index in [1.54, 1.807) is 25.3 Å². The lowest BCUT2D eigenvalue weighted by molar-refractivity contribution is -0.111. The molecular formula is C23H27ClN2O3. The lowest BCUT2D eigenvalue weighted by Crippen LogP contribution is -2.21. The topological polar surface area (TPSA) is 50.8 Å². The van der Waals surface area contributed by atoms with Gasteiger partial charge in [0.15, 0.2) is 11.5 Å². The van der Waals surface area contributed by atoms with Gasteiger partial charge in [-0.15, -0.1) is 0 Å². The zero-order valence-electron chi connectivity index (χ0n) is 16.9. The van der Waals surface area contributed by atoms with Crippen LogP contribution in [0.4, 0.5) is 5.69 Å². The molecule has 5 nitrogen and oxygen atoms in total. The predicted molar refractivity (Wildman–Crippen MR) is 118 cm³/mol. The first kappa shape index (κ1) is 21.2. The van der Waals surface area contributed by atoms with Gasteiger partial charge in [0.05, 0.1) is 19.2 Å². The summed E-state index contributed by atoms with van der Waals surface area (Å²) in [6, 6.07) is 11.5. The molecule has 154 valence electrons. The average molecular weight is 415 g/mol. The molecule has 6 heteroatoms. The molecule has 1 heterocycles. The summed E-state index contributed by atoms with van der Waals surface area (Å²) in [5.74, 6) is 0.783. The molecule has 1 amide bonds. The van der Waals surface area contributed by atoms with Gasteiger partial charge in [-0.1, -0.05) is 23.7 Å². The van der Waals surface area contributed by atoms with Crippen LogP contribution in [0.5, 0.6) is 11.5 Å². The van der Waals surface area contributed by atoms with E-state index in [4.69, 9.17) is 21.1 Å². The maximum Gasteiger partial charge on any atom is 0.248 e. The first-order chi connectivity index (χ1) is 14.1. The van der Waals surface area contributed by atoms with Crippen LogP contribution < -0.4 is 14.8 Å². The molecule has 0 aliphatic carbocycles. The fourth-order valence-corrected chi connectivity index (χ4v) is 3.73. The van der Waals surface area contributed by atoms with Crippen molar-refractivity contribution in [2.45, 2.75) is 19.3 Å². The Kier molecular flexibility index (Phi) is 7.55. The molecular weight excluding hydrogens is 388 g/mol. The van der Waals surface area contributed by atoms with E-state index in [0.29, 0.717) is 16.5 Å². The van der Waals surface area contributed by atoms with Gasteiger partial charge in [-0.05, 0) is 73.8 Å². The highest BCUT2D eigenvalue weighted by Crippen LogP contribution is 2.36. The van der Waals surface area contributed by atoms with Crippen LogP contribution >= 0.6 is 11.6 Å². The van der Waals surface area contributed by atoms with Crippen LogP contribution in [0.25, 0.3) is 6.08 Å². The molecule has 29 heavy (non-hydrogen) atoms. The van der Waals surface area contributed by atoms with E-state index in [2.05, 4.69) is 22.3 Å². The lowest BCUT2D eigenvalue weighted by Gasteiger charge is -2.14. The lowest BCUT2D eigenvalue weighted by atomic mass is 10.1. The van der Waals surface area contributed by atoms with E-state index >= 15 is 0 Å². The molecule has 2 aromatic rings. The number of hydrogen-bond acceptors (Lipinski definition) is 4. The zero-order chi connectivity index (χ0) is 20.6. The summed E-state index contributed by atoms with van der Waals surface area (Å²) >= 11 is 6.20. The number of amides is 1. The summed E-state index contributed by atoms with van der Waals surface area (Å²) in [6.45, 7) is 3.53. The van der Waals surface area contributed by atoms with E-state index in [1.807, 2.05) is 12.1 Å². The molecule has 2 aromatic carbocycles. The van der Waals surface area contributed by atoms with Gasteiger partial charge in [0.1, 0.15) is 0 Å². The number of nitrogens with one attached hydrogen (secondary N) is 1. The van der Waals surface area contributed by atoms with Crippen LogP contribution in [0.15, 0.2) is 42.5 Å². The first-order valence-electron chi connectivity index (χ1n) is 9.81. The maximum atomic E-state index is 12.2. The second-order valence-electron chi connectivity index (χ2n) is 7.06. The first-order valence-corrected chi connectivity index (χ1v) is 10.2. The molecule has 0 unspecified atom stereocenters. The summed E-state index contributed by atoms with van der Waals surface area (Å²) in [5, 5.41) is 3.30. The van der Waals surface area contributed by atoms with Gasteiger partial charge in [0.25, 0.3) is 0 Å². The van der Waals surface area contributed by atoms with Gasteiger partial charge in [-0.25, -0.2) is 0 Å². The Morgan fingerprint density at radius 3 is 2.52 bits per heavy atom. The van der Waals surface area contributed by atoms with Crippen molar-refractivity contribution in [3.63, 3.8) is 0 Å². The van der Waals surface area contributed by atoms with Gasteiger partial charge in [0, 0.05) is 18.3 Å². The van der Waals surface area contributed by atoms with E-state index in [0.717, 1.165) is 24.2 Å². The third-order valence-electron chi connectivity index (χ3n) is 5.02. The number of ether oxygens (including phenoxy) is 2. The Labute approximate surface area is 177 Å². The van der Waals surface area contributed by atoms with Crippen molar-refractivity contribution >= 4 is 29.3 Å². The van der Waals surface area contributed by atoms with Crippen LogP contribution in [0.3, 0.4) is 0 Å². The monoisotopic (exact) mass is 414 g/mol. The molecule has 0 bridgehead atoms. The predicted octanol–water partition coefficient (Wildman–Crippen LogP) is 4.65. The molecule has 0 aromatic heterocycles. The number of carbonyl (C=O) groups is 1. The third kappa shape index (κ3) is 5.99. The minimum Gasteiger partial charge on any atom is -0.493 e. The number of halogens is 1. The molecule has 1 aliphatic heterocycles. The third-order valence-corrected chi connectivity index (χ3v) is 5.30. The van der Waals surface area contributed by atoms with Crippen molar-refractivity contribution in [1.82, 2.24) is 4.90 Å². The smallest absolute Gasteiger partial charge is 0.248 e. The number of hydrogen-bond donors (Lipinski definition) is 1. The van der Waals surface area contributed by atoms with Crippen molar-refractivity contribution in [1.29, 1.82) is 0 Å². The fraction of sp³-hybridized carbons (Fsp3) is 0.348. The van der Waals surface area contributed by atoms with Gasteiger partial charge in [-0.2, -0.15) is 0 Å². The zero-order valence-corrected chi connectivity index (χ0v) is 17.7. The standard InChI is InChI=1S/C23H27ClN2O3/c1-28-21-16-18(15-20(24)23(21)29-2)7-10-22(27)25-19-8-5-17(6-9-19)11-14-26-12-3-4-13-26/h5-10,15-16H,3-4,11-14H2,1-2H3,(H,25,27). The van der Waals surface area contributed by atoms with Gasteiger partial charge < -0.3 is 19.7 Å². The number of benzene rings is 2. The largest absolute Gasteiger partial charge is 0.493 e. The summed E-state index contributed by atoms with van der Waals surface area (Å²) in [6.07, 6.45) is 6.82. The summed E-state index contributed by atoms with van der Waals surface area (Å²) < 4.78 is 10.5. The fourth-order valence-electron chi connectivity index (χ4n) is 3.44. The molecule has 1 N–H and O–H groups in total. The number of anilines is 1. The Hall–Kier alpha value is -2.50. The summed E-state index contributed by atoms with van der Waals surface area (Å²) in [5.41, 5.74) is 2.81. The molecule has 0 saturated carbocycles. The number of methoxy groups -OCH3 is 2. The second kappa shape index (κ2) is 10.3. The van der Waals surface area contributed by atoms with Crippen molar-refractivity contribution in [2.24, 2.45) is 0 Å². The van der Waals surface area contributed by atoms with E-state index in [1.165, 1.54) is 44.7 Å². The Morgan fingerprint density at radius 2 is 1.86 bits per heavy atom. The normalized spacial score (nSPS) is 14.3. The Bertz CT molecular complexity index is 859. The van der Waals surface area contributed by atoms with Gasteiger partial charge >= 0.3 is 0 Å². The number of nitrogens with zero attached hydrogens (tertiary/aromatic N) is 1. The van der Waals surface area contributed by atoms with Crippen LogP contribution in [-0.2, 0) is 11.2 Å². The quantitative estimate of drug-likeness (QED) is 0.639. The highest BCUT2D eigenvalue weighted by molar-refractivity contribution is 6.32. The minimum atomic E-state index is -0.208. The minimum absolute atomic E-state index is 0.208. The Morgan fingerprint density at radius 1 is 1.14 bits per heavy atom. The van der Waals surface area contributed by atoms with E-state index in [-0.39, 0.29) is 5.91 Å². The molecule has 1 fully saturated rings. The van der Waals surface area contributed by atoms with Crippen molar-refractivity contribution in [2.75, 3.05) is 39.2 Å². The van der Waals surface area contributed by atoms with Crippen LogP contribution in [0, 0.1) is 0 Å². The molecule has 1 aliphatic rings. The van der Waals surface area contributed by atoms with Crippen molar-refractivity contribution in [3.05, 3.63) is 58.6 Å². The number of rotatable bonds is 8. The van der Waals surface area contributed by atoms with Crippen molar-refractivity contribution in [3.8, 4) is 11.5 Å². The van der Waals surface area contributed by atoms with E-state index < -0.39 is 0 Å². The SMILES string of the molecule is COc1cc(C=CC(=O)Nc2ccc(CCN3CCCC3)cc2)cc(Cl)c1OC. The molecule has 0 spiro atoms.